The lowest BCUT2D eigenvalue weighted by Crippen LogP contribution is -2.49. The predicted octanol–water partition coefficient (Wildman–Crippen LogP) is 1.55. The topological polar surface area (TPSA) is 70.6 Å². The van der Waals surface area contributed by atoms with Crippen molar-refractivity contribution >= 4 is 6.09 Å². The molecule has 2 aliphatic rings. The van der Waals surface area contributed by atoms with E-state index in [2.05, 4.69) is 10.6 Å². The number of piperidine rings is 1. The summed E-state index contributed by atoms with van der Waals surface area (Å²) >= 11 is 0. The normalized spacial score (nSPS) is 34.1. The molecule has 0 aliphatic carbocycles. The van der Waals surface area contributed by atoms with Crippen molar-refractivity contribution in [1.29, 1.82) is 0 Å². The van der Waals surface area contributed by atoms with E-state index in [0.29, 0.717) is 25.0 Å². The fourth-order valence-corrected chi connectivity index (χ4v) is 3.14. The van der Waals surface area contributed by atoms with Crippen LogP contribution < -0.4 is 10.6 Å². The van der Waals surface area contributed by atoms with Gasteiger partial charge in [0.15, 0.2) is 0 Å². The molecule has 0 spiro atoms. The van der Waals surface area contributed by atoms with Crippen LogP contribution in [-0.2, 0) is 4.74 Å². The van der Waals surface area contributed by atoms with Gasteiger partial charge in [0.05, 0.1) is 5.60 Å². The number of carbonyl (C=O) groups is 1. The molecule has 3 N–H and O–H groups in total. The van der Waals surface area contributed by atoms with Gasteiger partial charge in [0.1, 0.15) is 5.60 Å². The highest BCUT2D eigenvalue weighted by Crippen LogP contribution is 2.35. The minimum Gasteiger partial charge on any atom is -0.444 e. The van der Waals surface area contributed by atoms with E-state index in [9.17, 15) is 9.90 Å². The predicted molar refractivity (Wildman–Crippen MR) is 73.0 cm³/mol. The third kappa shape index (κ3) is 4.35. The van der Waals surface area contributed by atoms with E-state index in [1.54, 1.807) is 0 Å². The first-order valence-corrected chi connectivity index (χ1v) is 7.21. The summed E-state index contributed by atoms with van der Waals surface area (Å²) in [5.74, 6) is 0. The van der Waals surface area contributed by atoms with E-state index >= 15 is 0 Å². The Hall–Kier alpha value is -0.810. The Kier molecular flexibility index (Phi) is 4.06. The Morgan fingerprint density at radius 2 is 1.95 bits per heavy atom. The van der Waals surface area contributed by atoms with Crippen molar-refractivity contribution in [3.8, 4) is 0 Å². The summed E-state index contributed by atoms with van der Waals surface area (Å²) in [4.78, 5) is 11.5. The Morgan fingerprint density at radius 1 is 1.37 bits per heavy atom. The van der Waals surface area contributed by atoms with Gasteiger partial charge < -0.3 is 20.5 Å². The number of nitrogens with one attached hydrogen (secondary N) is 2. The first kappa shape index (κ1) is 14.6. The Bertz CT molecular complexity index is 326. The number of rotatable bonds is 3. The van der Waals surface area contributed by atoms with Crippen LogP contribution in [0.1, 0.15) is 52.9 Å². The maximum absolute atomic E-state index is 11.5. The van der Waals surface area contributed by atoms with Gasteiger partial charge in [-0.2, -0.15) is 0 Å². The number of amides is 1. The van der Waals surface area contributed by atoms with Crippen LogP contribution in [0.15, 0.2) is 0 Å². The molecule has 2 fully saturated rings. The van der Waals surface area contributed by atoms with E-state index in [1.165, 1.54) is 0 Å². The summed E-state index contributed by atoms with van der Waals surface area (Å²) in [6.45, 7) is 5.98. The number of hydrogen-bond donors (Lipinski definition) is 3. The molecular formula is C14H26N2O3. The third-order valence-electron chi connectivity index (χ3n) is 3.85. The SMILES string of the molecule is CC(C)(C)OC(=O)NCCC1(O)C[C@H]2CC[C@@H](C1)N2. The number of carbonyl (C=O) groups excluding carboxylic acids is 1. The van der Waals surface area contributed by atoms with Gasteiger partial charge in [0.25, 0.3) is 0 Å². The molecule has 2 aliphatic heterocycles. The van der Waals surface area contributed by atoms with Crippen molar-refractivity contribution in [2.24, 2.45) is 0 Å². The van der Waals surface area contributed by atoms with Crippen LogP contribution in [0.5, 0.6) is 0 Å². The lowest BCUT2D eigenvalue weighted by Gasteiger charge is -2.37. The van der Waals surface area contributed by atoms with E-state index in [4.69, 9.17) is 4.74 Å². The van der Waals surface area contributed by atoms with Crippen molar-refractivity contribution in [3.05, 3.63) is 0 Å². The summed E-state index contributed by atoms with van der Waals surface area (Å²) in [5.41, 5.74) is -1.11. The summed E-state index contributed by atoms with van der Waals surface area (Å²) in [6.07, 6.45) is 4.09. The summed E-state index contributed by atoms with van der Waals surface area (Å²) in [7, 11) is 0. The highest BCUT2D eigenvalue weighted by molar-refractivity contribution is 5.67. The second-order valence-electron chi connectivity index (χ2n) is 6.95. The summed E-state index contributed by atoms with van der Waals surface area (Å²) in [5, 5.41) is 16.8. The number of ether oxygens (including phenoxy) is 1. The van der Waals surface area contributed by atoms with E-state index in [-0.39, 0.29) is 0 Å². The third-order valence-corrected chi connectivity index (χ3v) is 3.85. The van der Waals surface area contributed by atoms with Gasteiger partial charge in [-0.1, -0.05) is 0 Å². The van der Waals surface area contributed by atoms with E-state index in [1.807, 2.05) is 20.8 Å². The molecule has 0 radical (unpaired) electrons. The Balaban J connectivity index is 1.72. The smallest absolute Gasteiger partial charge is 0.407 e. The minimum absolute atomic E-state index is 0.409. The second kappa shape index (κ2) is 5.29. The van der Waals surface area contributed by atoms with Crippen LogP contribution >= 0.6 is 0 Å². The quantitative estimate of drug-likeness (QED) is 0.727. The molecule has 1 amide bonds. The number of fused-ring (bicyclic) bond motifs is 2. The van der Waals surface area contributed by atoms with Crippen molar-refractivity contribution in [3.63, 3.8) is 0 Å². The first-order valence-electron chi connectivity index (χ1n) is 7.21. The van der Waals surface area contributed by atoms with Crippen LogP contribution in [0.2, 0.25) is 0 Å². The largest absolute Gasteiger partial charge is 0.444 e. The van der Waals surface area contributed by atoms with Crippen LogP contribution in [0, 0.1) is 0 Å². The lowest BCUT2D eigenvalue weighted by atomic mass is 9.85. The van der Waals surface area contributed by atoms with Gasteiger partial charge in [0, 0.05) is 18.6 Å². The van der Waals surface area contributed by atoms with Gasteiger partial charge in [-0.3, -0.25) is 0 Å². The Morgan fingerprint density at radius 3 is 2.47 bits per heavy atom. The minimum atomic E-state index is -0.633. The second-order valence-corrected chi connectivity index (χ2v) is 6.95. The molecule has 110 valence electrons. The summed E-state index contributed by atoms with van der Waals surface area (Å²) in [6, 6.07) is 0.899. The highest BCUT2D eigenvalue weighted by atomic mass is 16.6. The van der Waals surface area contributed by atoms with Gasteiger partial charge in [-0.15, -0.1) is 0 Å². The summed E-state index contributed by atoms with van der Waals surface area (Å²) < 4.78 is 5.17. The molecule has 0 saturated carbocycles. The molecule has 5 heteroatoms. The molecule has 0 aromatic heterocycles. The number of hydrogen-bond acceptors (Lipinski definition) is 4. The van der Waals surface area contributed by atoms with Crippen LogP contribution in [0.4, 0.5) is 4.79 Å². The number of alkyl carbamates (subject to hydrolysis) is 1. The van der Waals surface area contributed by atoms with Gasteiger partial charge in [0.2, 0.25) is 0 Å². The van der Waals surface area contributed by atoms with Crippen LogP contribution in [-0.4, -0.2) is 41.0 Å². The zero-order chi connectivity index (χ0) is 14.1. The van der Waals surface area contributed by atoms with E-state index in [0.717, 1.165) is 25.7 Å². The molecule has 3 atom stereocenters. The van der Waals surface area contributed by atoms with Crippen molar-refractivity contribution in [2.75, 3.05) is 6.54 Å². The molecule has 2 rings (SSSR count). The monoisotopic (exact) mass is 270 g/mol. The van der Waals surface area contributed by atoms with E-state index < -0.39 is 17.3 Å². The zero-order valence-electron chi connectivity index (χ0n) is 12.2. The molecule has 2 heterocycles. The molecule has 2 bridgehead atoms. The van der Waals surface area contributed by atoms with Crippen molar-refractivity contribution in [2.45, 2.75) is 76.2 Å². The Labute approximate surface area is 115 Å². The molecule has 0 aromatic rings. The van der Waals surface area contributed by atoms with Crippen LogP contribution in [0.25, 0.3) is 0 Å². The fraction of sp³-hybridized carbons (Fsp3) is 0.929. The van der Waals surface area contributed by atoms with Gasteiger partial charge in [-0.05, 0) is 52.9 Å². The average Bonchev–Trinajstić information content (AvgIpc) is 2.55. The standard InChI is InChI=1S/C14H26N2O3/c1-13(2,3)19-12(17)15-7-6-14(18)8-10-4-5-11(9-14)16-10/h10-11,16,18H,4-9H2,1-3H3,(H,15,17)/t10-,11+,14?. The first-order chi connectivity index (χ1) is 8.76. The molecule has 0 aromatic carbocycles. The van der Waals surface area contributed by atoms with Crippen molar-refractivity contribution < 1.29 is 14.6 Å². The van der Waals surface area contributed by atoms with Crippen LogP contribution in [0.3, 0.4) is 0 Å². The molecule has 2 saturated heterocycles. The molecule has 1 unspecified atom stereocenters. The highest BCUT2D eigenvalue weighted by Gasteiger charge is 2.41. The zero-order valence-corrected chi connectivity index (χ0v) is 12.2. The molecular weight excluding hydrogens is 244 g/mol. The maximum atomic E-state index is 11.5. The lowest BCUT2D eigenvalue weighted by molar-refractivity contribution is -0.0140. The molecule has 19 heavy (non-hydrogen) atoms. The molecule has 5 nitrogen and oxygen atoms in total. The average molecular weight is 270 g/mol. The number of aliphatic hydroxyl groups is 1. The fourth-order valence-electron chi connectivity index (χ4n) is 3.14. The maximum Gasteiger partial charge on any atom is 0.407 e. The van der Waals surface area contributed by atoms with Gasteiger partial charge in [-0.25, -0.2) is 4.79 Å². The van der Waals surface area contributed by atoms with Gasteiger partial charge >= 0.3 is 6.09 Å². The van der Waals surface area contributed by atoms with Crippen molar-refractivity contribution in [1.82, 2.24) is 10.6 Å².